The van der Waals surface area contributed by atoms with Gasteiger partial charge in [0.2, 0.25) is 0 Å². The lowest BCUT2D eigenvalue weighted by molar-refractivity contribution is 0.306. The van der Waals surface area contributed by atoms with E-state index in [2.05, 4.69) is 49.4 Å². The van der Waals surface area contributed by atoms with Crippen molar-refractivity contribution in [3.8, 4) is 5.75 Å². The second kappa shape index (κ2) is 6.31. The summed E-state index contributed by atoms with van der Waals surface area (Å²) >= 11 is 0. The molecule has 0 radical (unpaired) electrons. The Bertz CT molecular complexity index is 608. The Labute approximate surface area is 126 Å². The molecule has 0 aromatic heterocycles. The maximum absolute atomic E-state index is 6.02. The number of ether oxygens (including phenoxy) is 1. The summed E-state index contributed by atoms with van der Waals surface area (Å²) in [5.74, 6) is 2.04. The minimum Gasteiger partial charge on any atom is -0.493 e. The number of benzene rings is 2. The lowest BCUT2D eigenvalue weighted by Crippen LogP contribution is -2.20. The number of hydrogen-bond donors (Lipinski definition) is 1. The molecule has 2 aromatic carbocycles. The Morgan fingerprint density at radius 2 is 2.05 bits per heavy atom. The van der Waals surface area contributed by atoms with Gasteiger partial charge in [0, 0.05) is 11.5 Å². The third-order valence-electron chi connectivity index (χ3n) is 4.36. The fraction of sp³-hybridized carbons (Fsp3) is 0.368. The van der Waals surface area contributed by atoms with Gasteiger partial charge in [-0.2, -0.15) is 0 Å². The molecule has 2 atom stereocenters. The number of aryl methyl sites for hydroxylation is 1. The van der Waals surface area contributed by atoms with Gasteiger partial charge in [0.1, 0.15) is 5.75 Å². The molecule has 0 spiro atoms. The summed E-state index contributed by atoms with van der Waals surface area (Å²) in [6, 6.07) is 17.1. The van der Waals surface area contributed by atoms with Gasteiger partial charge in [0.15, 0.2) is 0 Å². The molecule has 110 valence electrons. The van der Waals surface area contributed by atoms with E-state index >= 15 is 0 Å². The topological polar surface area (TPSA) is 35.2 Å². The van der Waals surface area contributed by atoms with Crippen molar-refractivity contribution in [2.45, 2.75) is 25.7 Å². The molecule has 2 heteroatoms. The first-order valence-electron chi connectivity index (χ1n) is 7.73. The average molecular weight is 281 g/mol. The SMILES string of the molecule is Cc1cccc(CC(CN)CC2COc3ccccc32)c1. The van der Waals surface area contributed by atoms with Gasteiger partial charge in [-0.05, 0) is 43.9 Å². The molecule has 2 N–H and O–H groups in total. The van der Waals surface area contributed by atoms with Crippen LogP contribution in [0.2, 0.25) is 0 Å². The van der Waals surface area contributed by atoms with Crippen LogP contribution in [-0.2, 0) is 6.42 Å². The largest absolute Gasteiger partial charge is 0.493 e. The Balaban J connectivity index is 1.68. The van der Waals surface area contributed by atoms with Crippen molar-refractivity contribution in [1.82, 2.24) is 0 Å². The monoisotopic (exact) mass is 281 g/mol. The molecule has 0 bridgehead atoms. The van der Waals surface area contributed by atoms with E-state index < -0.39 is 0 Å². The molecule has 2 aromatic rings. The van der Waals surface area contributed by atoms with Gasteiger partial charge in [-0.1, -0.05) is 48.0 Å². The fourth-order valence-corrected chi connectivity index (χ4v) is 3.26. The zero-order chi connectivity index (χ0) is 14.7. The van der Waals surface area contributed by atoms with Gasteiger partial charge >= 0.3 is 0 Å². The third-order valence-corrected chi connectivity index (χ3v) is 4.36. The van der Waals surface area contributed by atoms with Crippen LogP contribution >= 0.6 is 0 Å². The molecular formula is C19H23NO. The summed E-state index contributed by atoms with van der Waals surface area (Å²) in [6.45, 7) is 3.66. The van der Waals surface area contributed by atoms with E-state index in [0.717, 1.165) is 31.7 Å². The summed E-state index contributed by atoms with van der Waals surface area (Å²) in [5.41, 5.74) is 10.1. The number of para-hydroxylation sites is 1. The maximum Gasteiger partial charge on any atom is 0.122 e. The van der Waals surface area contributed by atoms with Crippen molar-refractivity contribution in [3.05, 3.63) is 65.2 Å². The zero-order valence-corrected chi connectivity index (χ0v) is 12.6. The average Bonchev–Trinajstić information content (AvgIpc) is 2.90. The minimum absolute atomic E-state index is 0.486. The quantitative estimate of drug-likeness (QED) is 0.907. The highest BCUT2D eigenvalue weighted by Crippen LogP contribution is 2.37. The predicted molar refractivity (Wildman–Crippen MR) is 86.7 cm³/mol. The van der Waals surface area contributed by atoms with E-state index in [1.165, 1.54) is 16.7 Å². The lowest BCUT2D eigenvalue weighted by atomic mass is 9.86. The highest BCUT2D eigenvalue weighted by atomic mass is 16.5. The second-order valence-corrected chi connectivity index (χ2v) is 6.08. The lowest BCUT2D eigenvalue weighted by Gasteiger charge is -2.19. The second-order valence-electron chi connectivity index (χ2n) is 6.08. The van der Waals surface area contributed by atoms with E-state index in [1.54, 1.807) is 0 Å². The Kier molecular flexibility index (Phi) is 4.26. The number of fused-ring (bicyclic) bond motifs is 1. The normalized spacial score (nSPS) is 18.1. The van der Waals surface area contributed by atoms with Crippen LogP contribution in [0, 0.1) is 12.8 Å². The molecule has 0 saturated carbocycles. The molecule has 1 aliphatic rings. The number of hydrogen-bond acceptors (Lipinski definition) is 2. The van der Waals surface area contributed by atoms with Crippen LogP contribution in [0.5, 0.6) is 5.75 Å². The summed E-state index contributed by atoms with van der Waals surface area (Å²) in [4.78, 5) is 0. The smallest absolute Gasteiger partial charge is 0.122 e. The molecule has 1 aliphatic heterocycles. The van der Waals surface area contributed by atoms with Gasteiger partial charge in [-0.15, -0.1) is 0 Å². The van der Waals surface area contributed by atoms with Crippen LogP contribution in [0.4, 0.5) is 0 Å². The molecule has 21 heavy (non-hydrogen) atoms. The van der Waals surface area contributed by atoms with Gasteiger partial charge in [-0.25, -0.2) is 0 Å². The van der Waals surface area contributed by atoms with Crippen molar-refractivity contribution < 1.29 is 4.74 Å². The van der Waals surface area contributed by atoms with Crippen LogP contribution in [0.15, 0.2) is 48.5 Å². The third kappa shape index (κ3) is 3.27. The van der Waals surface area contributed by atoms with Crippen molar-refractivity contribution >= 4 is 0 Å². The predicted octanol–water partition coefficient (Wildman–Crippen LogP) is 3.68. The first-order chi connectivity index (χ1) is 10.3. The molecule has 0 saturated heterocycles. The standard InChI is InChI=1S/C19H23NO/c1-14-5-4-6-15(9-14)10-16(12-20)11-17-13-21-19-8-3-2-7-18(17)19/h2-9,16-17H,10-13,20H2,1H3. The number of rotatable bonds is 5. The van der Waals surface area contributed by atoms with Gasteiger partial charge < -0.3 is 10.5 Å². The molecule has 2 nitrogen and oxygen atoms in total. The van der Waals surface area contributed by atoms with Crippen molar-refractivity contribution in [2.75, 3.05) is 13.2 Å². The molecular weight excluding hydrogens is 258 g/mol. The van der Waals surface area contributed by atoms with E-state index in [9.17, 15) is 0 Å². The van der Waals surface area contributed by atoms with E-state index in [1.807, 2.05) is 6.07 Å². The van der Waals surface area contributed by atoms with Crippen LogP contribution in [0.1, 0.15) is 29.0 Å². The minimum atomic E-state index is 0.486. The van der Waals surface area contributed by atoms with Crippen molar-refractivity contribution in [2.24, 2.45) is 11.7 Å². The summed E-state index contributed by atoms with van der Waals surface area (Å²) in [6.07, 6.45) is 2.15. The van der Waals surface area contributed by atoms with Crippen molar-refractivity contribution in [3.63, 3.8) is 0 Å². The first kappa shape index (κ1) is 14.2. The maximum atomic E-state index is 6.02. The van der Waals surface area contributed by atoms with Gasteiger partial charge in [0.05, 0.1) is 6.61 Å². The molecule has 2 unspecified atom stereocenters. The first-order valence-corrected chi connectivity index (χ1v) is 7.73. The molecule has 1 heterocycles. The molecule has 0 fully saturated rings. The summed E-state index contributed by atoms with van der Waals surface area (Å²) < 4.78 is 5.78. The molecule has 3 rings (SSSR count). The van der Waals surface area contributed by atoms with E-state index in [0.29, 0.717) is 11.8 Å². The van der Waals surface area contributed by atoms with Gasteiger partial charge in [-0.3, -0.25) is 0 Å². The van der Waals surface area contributed by atoms with E-state index in [-0.39, 0.29) is 0 Å². The Morgan fingerprint density at radius 3 is 2.86 bits per heavy atom. The van der Waals surface area contributed by atoms with E-state index in [4.69, 9.17) is 10.5 Å². The summed E-state index contributed by atoms with van der Waals surface area (Å²) in [7, 11) is 0. The Morgan fingerprint density at radius 1 is 1.19 bits per heavy atom. The van der Waals surface area contributed by atoms with Gasteiger partial charge in [0.25, 0.3) is 0 Å². The highest BCUT2D eigenvalue weighted by Gasteiger charge is 2.26. The van der Waals surface area contributed by atoms with Crippen LogP contribution < -0.4 is 10.5 Å². The Hall–Kier alpha value is -1.80. The fourth-order valence-electron chi connectivity index (χ4n) is 3.26. The van der Waals surface area contributed by atoms with Crippen LogP contribution in [0.25, 0.3) is 0 Å². The molecule has 0 amide bonds. The van der Waals surface area contributed by atoms with Crippen molar-refractivity contribution in [1.29, 1.82) is 0 Å². The highest BCUT2D eigenvalue weighted by molar-refractivity contribution is 5.39. The zero-order valence-electron chi connectivity index (χ0n) is 12.6. The van der Waals surface area contributed by atoms with Crippen LogP contribution in [-0.4, -0.2) is 13.2 Å². The number of nitrogens with two attached hydrogens (primary N) is 1. The molecule has 0 aliphatic carbocycles. The van der Waals surface area contributed by atoms with Crippen LogP contribution in [0.3, 0.4) is 0 Å². The summed E-state index contributed by atoms with van der Waals surface area (Å²) in [5, 5.41) is 0.